The van der Waals surface area contributed by atoms with E-state index in [0.717, 1.165) is 10.8 Å². The minimum atomic E-state index is -3.77. The molecule has 1 aromatic heterocycles. The average Bonchev–Trinajstić information content (AvgIpc) is 2.47. The first-order valence-electron chi connectivity index (χ1n) is 6.28. The lowest BCUT2D eigenvalue weighted by atomic mass is 10.1. The van der Waals surface area contributed by atoms with Crippen LogP contribution >= 0.6 is 0 Å². The van der Waals surface area contributed by atoms with Gasteiger partial charge >= 0.3 is 0 Å². The van der Waals surface area contributed by atoms with E-state index in [1.807, 2.05) is 30.3 Å². The van der Waals surface area contributed by atoms with Gasteiger partial charge in [-0.15, -0.1) is 0 Å². The first-order chi connectivity index (χ1) is 10.1. The number of hydrogen-bond donors (Lipinski definition) is 2. The molecule has 0 aliphatic carbocycles. The Labute approximate surface area is 122 Å². The predicted molar refractivity (Wildman–Crippen MR) is 83.4 cm³/mol. The van der Waals surface area contributed by atoms with E-state index < -0.39 is 10.0 Å². The molecule has 0 amide bonds. The van der Waals surface area contributed by atoms with E-state index >= 15 is 0 Å². The molecule has 0 aliphatic heterocycles. The van der Waals surface area contributed by atoms with Crippen LogP contribution in [0.4, 0.5) is 11.4 Å². The number of pyridine rings is 1. The molecule has 0 saturated carbocycles. The molecule has 0 radical (unpaired) electrons. The van der Waals surface area contributed by atoms with Gasteiger partial charge in [0.05, 0.1) is 11.4 Å². The second-order valence-corrected chi connectivity index (χ2v) is 6.20. The van der Waals surface area contributed by atoms with E-state index in [-0.39, 0.29) is 10.6 Å². The molecule has 3 aromatic rings. The number of nitrogens with two attached hydrogens (primary N) is 1. The molecule has 0 saturated heterocycles. The molecule has 6 heteroatoms. The fraction of sp³-hybridized carbons (Fsp3) is 0. The van der Waals surface area contributed by atoms with E-state index in [1.54, 1.807) is 12.1 Å². The molecular weight excluding hydrogens is 286 g/mol. The molecule has 3 N–H and O–H groups in total. The standard InChI is InChI=1S/C15H13N3O2S/c16-13-8-9-17-10-15(13)21(19,20)18-14-7-3-5-11-4-1-2-6-12(11)14/h1-10,18H,(H2,16,17). The lowest BCUT2D eigenvalue weighted by Crippen LogP contribution is -2.15. The minimum Gasteiger partial charge on any atom is -0.398 e. The first-order valence-corrected chi connectivity index (χ1v) is 7.76. The van der Waals surface area contributed by atoms with Crippen LogP contribution < -0.4 is 10.5 Å². The highest BCUT2D eigenvalue weighted by atomic mass is 32.2. The topological polar surface area (TPSA) is 85.1 Å². The summed E-state index contributed by atoms with van der Waals surface area (Å²) in [5.74, 6) is 0. The van der Waals surface area contributed by atoms with Crippen LogP contribution in [0.5, 0.6) is 0 Å². The maximum absolute atomic E-state index is 12.4. The number of benzene rings is 2. The Kier molecular flexibility index (Phi) is 3.23. The Morgan fingerprint density at radius 2 is 1.76 bits per heavy atom. The Balaban J connectivity index is 2.08. The van der Waals surface area contributed by atoms with Crippen molar-refractivity contribution in [3.8, 4) is 0 Å². The zero-order chi connectivity index (χ0) is 14.9. The number of aromatic nitrogens is 1. The van der Waals surface area contributed by atoms with Gasteiger partial charge in [-0.25, -0.2) is 8.42 Å². The van der Waals surface area contributed by atoms with Crippen LogP contribution in [0, 0.1) is 0 Å². The molecule has 0 atom stereocenters. The van der Waals surface area contributed by atoms with Crippen molar-refractivity contribution in [1.82, 2.24) is 4.98 Å². The SMILES string of the molecule is Nc1ccncc1S(=O)(=O)Nc1cccc2ccccc12. The van der Waals surface area contributed by atoms with E-state index in [9.17, 15) is 8.42 Å². The van der Waals surface area contributed by atoms with E-state index in [4.69, 9.17) is 5.73 Å². The molecule has 5 nitrogen and oxygen atoms in total. The summed E-state index contributed by atoms with van der Waals surface area (Å²) in [6.07, 6.45) is 2.69. The second kappa shape index (κ2) is 5.06. The number of fused-ring (bicyclic) bond motifs is 1. The minimum absolute atomic E-state index is 0.0297. The van der Waals surface area contributed by atoms with Gasteiger partial charge in [-0.2, -0.15) is 0 Å². The summed E-state index contributed by atoms with van der Waals surface area (Å²) in [5, 5.41) is 1.78. The lowest BCUT2D eigenvalue weighted by molar-refractivity contribution is 0.601. The van der Waals surface area contributed by atoms with Crippen LogP contribution in [0.3, 0.4) is 0 Å². The van der Waals surface area contributed by atoms with Gasteiger partial charge in [0.25, 0.3) is 10.0 Å². The summed E-state index contributed by atoms with van der Waals surface area (Å²) < 4.78 is 27.4. The van der Waals surface area contributed by atoms with Gasteiger partial charge in [-0.3, -0.25) is 9.71 Å². The maximum Gasteiger partial charge on any atom is 0.265 e. The van der Waals surface area contributed by atoms with Gasteiger partial charge < -0.3 is 5.73 Å². The third kappa shape index (κ3) is 2.53. The number of sulfonamides is 1. The highest BCUT2D eigenvalue weighted by molar-refractivity contribution is 7.92. The molecule has 0 fully saturated rings. The summed E-state index contributed by atoms with van der Waals surface area (Å²) in [6.45, 7) is 0. The Morgan fingerprint density at radius 1 is 1.00 bits per heavy atom. The number of nitrogens with one attached hydrogen (secondary N) is 1. The third-order valence-electron chi connectivity index (χ3n) is 3.14. The fourth-order valence-corrected chi connectivity index (χ4v) is 3.28. The number of rotatable bonds is 3. The molecule has 0 aliphatic rings. The van der Waals surface area contributed by atoms with Crippen molar-refractivity contribution in [1.29, 1.82) is 0 Å². The van der Waals surface area contributed by atoms with Crippen LogP contribution in [-0.2, 0) is 10.0 Å². The number of nitrogens with zero attached hydrogens (tertiary/aromatic N) is 1. The van der Waals surface area contributed by atoms with Crippen molar-refractivity contribution in [2.24, 2.45) is 0 Å². The molecule has 2 aromatic carbocycles. The molecular formula is C15H13N3O2S. The smallest absolute Gasteiger partial charge is 0.265 e. The largest absolute Gasteiger partial charge is 0.398 e. The molecule has 21 heavy (non-hydrogen) atoms. The van der Waals surface area contributed by atoms with Gasteiger partial charge in [-0.05, 0) is 17.5 Å². The molecule has 0 spiro atoms. The van der Waals surface area contributed by atoms with E-state index in [1.165, 1.54) is 18.5 Å². The Bertz CT molecular complexity index is 902. The van der Waals surface area contributed by atoms with E-state index in [2.05, 4.69) is 9.71 Å². The van der Waals surface area contributed by atoms with Crippen molar-refractivity contribution in [3.63, 3.8) is 0 Å². The number of hydrogen-bond acceptors (Lipinski definition) is 4. The van der Waals surface area contributed by atoms with Crippen molar-refractivity contribution in [3.05, 3.63) is 60.9 Å². The van der Waals surface area contributed by atoms with Gasteiger partial charge in [0.2, 0.25) is 0 Å². The van der Waals surface area contributed by atoms with Gasteiger partial charge in [0.15, 0.2) is 0 Å². The van der Waals surface area contributed by atoms with Crippen molar-refractivity contribution in [2.45, 2.75) is 4.90 Å². The van der Waals surface area contributed by atoms with Crippen molar-refractivity contribution in [2.75, 3.05) is 10.5 Å². The highest BCUT2D eigenvalue weighted by Gasteiger charge is 2.18. The Morgan fingerprint density at radius 3 is 2.57 bits per heavy atom. The van der Waals surface area contributed by atoms with Gasteiger partial charge in [0.1, 0.15) is 4.90 Å². The van der Waals surface area contributed by atoms with Crippen molar-refractivity contribution >= 4 is 32.2 Å². The monoisotopic (exact) mass is 299 g/mol. The molecule has 3 rings (SSSR count). The summed E-state index contributed by atoms with van der Waals surface area (Å²) in [5.41, 5.74) is 6.39. The molecule has 106 valence electrons. The summed E-state index contributed by atoms with van der Waals surface area (Å²) in [4.78, 5) is 3.79. The third-order valence-corrected chi connectivity index (χ3v) is 4.55. The molecule has 0 bridgehead atoms. The zero-order valence-corrected chi connectivity index (χ0v) is 11.8. The Hall–Kier alpha value is -2.60. The number of anilines is 2. The summed E-state index contributed by atoms with van der Waals surface area (Å²) in [7, 11) is -3.77. The normalized spacial score (nSPS) is 11.4. The quantitative estimate of drug-likeness (QED) is 0.778. The highest BCUT2D eigenvalue weighted by Crippen LogP contribution is 2.26. The summed E-state index contributed by atoms with van der Waals surface area (Å²) in [6, 6.07) is 14.4. The molecule has 1 heterocycles. The maximum atomic E-state index is 12.4. The average molecular weight is 299 g/mol. The van der Waals surface area contributed by atoms with Crippen LogP contribution in [0.2, 0.25) is 0 Å². The van der Waals surface area contributed by atoms with Crippen LogP contribution in [0.1, 0.15) is 0 Å². The lowest BCUT2D eigenvalue weighted by Gasteiger charge is -2.11. The zero-order valence-electron chi connectivity index (χ0n) is 11.0. The van der Waals surface area contributed by atoms with E-state index in [0.29, 0.717) is 5.69 Å². The predicted octanol–water partition coefficient (Wildman–Crippen LogP) is 2.62. The van der Waals surface area contributed by atoms with Crippen molar-refractivity contribution < 1.29 is 8.42 Å². The van der Waals surface area contributed by atoms with Crippen LogP contribution in [-0.4, -0.2) is 13.4 Å². The van der Waals surface area contributed by atoms with Gasteiger partial charge in [-0.1, -0.05) is 36.4 Å². The fourth-order valence-electron chi connectivity index (χ4n) is 2.13. The van der Waals surface area contributed by atoms with Gasteiger partial charge in [0, 0.05) is 17.8 Å². The number of nitrogen functional groups attached to an aromatic ring is 1. The van der Waals surface area contributed by atoms with Crippen LogP contribution in [0.25, 0.3) is 10.8 Å². The van der Waals surface area contributed by atoms with Crippen LogP contribution in [0.15, 0.2) is 65.8 Å². The molecule has 0 unspecified atom stereocenters. The second-order valence-electron chi connectivity index (χ2n) is 4.55. The summed E-state index contributed by atoms with van der Waals surface area (Å²) >= 11 is 0. The first kappa shape index (κ1) is 13.4.